The van der Waals surface area contributed by atoms with Crippen molar-refractivity contribution in [3.05, 3.63) is 0 Å². The third kappa shape index (κ3) is 1.96. The highest BCUT2D eigenvalue weighted by molar-refractivity contribution is 4.99. The zero-order valence-electron chi connectivity index (χ0n) is 10.0. The lowest BCUT2D eigenvalue weighted by molar-refractivity contribution is 0.257. The first-order chi connectivity index (χ1) is 6.59. The van der Waals surface area contributed by atoms with Crippen molar-refractivity contribution < 1.29 is 0 Å². The Morgan fingerprint density at radius 3 is 2.14 bits per heavy atom. The number of likely N-dealkylation sites (tertiary alicyclic amines) is 1. The topological polar surface area (TPSA) is 6.25 Å². The highest BCUT2D eigenvalue weighted by Gasteiger charge is 2.44. The van der Waals surface area contributed by atoms with Crippen LogP contribution in [0.3, 0.4) is 0 Å². The van der Waals surface area contributed by atoms with Gasteiger partial charge in [-0.25, -0.2) is 0 Å². The van der Waals surface area contributed by atoms with Crippen molar-refractivity contribution in [2.75, 3.05) is 19.6 Å². The standard InChI is InChI=1S/C12H24N2/c1-9(2)13-6-5-11(7-13)12-8-14(12)10(3)4/h9-12H,5-8H2,1-4H3. The Labute approximate surface area is 88.3 Å². The average molecular weight is 196 g/mol. The molecular formula is C12H24N2. The maximum atomic E-state index is 2.63. The first-order valence-corrected chi connectivity index (χ1v) is 6.09. The second kappa shape index (κ2) is 3.82. The molecule has 0 N–H and O–H groups in total. The normalized spacial score (nSPS) is 38.6. The Bertz CT molecular complexity index is 200. The Balaban J connectivity index is 1.80. The fourth-order valence-corrected chi connectivity index (χ4v) is 2.78. The molecule has 0 bridgehead atoms. The van der Waals surface area contributed by atoms with Gasteiger partial charge in [0.2, 0.25) is 0 Å². The Kier molecular flexibility index (Phi) is 2.85. The maximum Gasteiger partial charge on any atom is 0.0267 e. The summed E-state index contributed by atoms with van der Waals surface area (Å²) < 4.78 is 0. The fourth-order valence-electron chi connectivity index (χ4n) is 2.78. The third-order valence-corrected chi connectivity index (χ3v) is 3.88. The van der Waals surface area contributed by atoms with Crippen LogP contribution in [0.4, 0.5) is 0 Å². The van der Waals surface area contributed by atoms with E-state index in [4.69, 9.17) is 0 Å². The van der Waals surface area contributed by atoms with Crippen LogP contribution in [0.1, 0.15) is 34.1 Å². The summed E-state index contributed by atoms with van der Waals surface area (Å²) in [6, 6.07) is 2.41. The van der Waals surface area contributed by atoms with Crippen molar-refractivity contribution in [1.29, 1.82) is 0 Å². The van der Waals surface area contributed by atoms with Gasteiger partial charge in [0.05, 0.1) is 0 Å². The monoisotopic (exact) mass is 196 g/mol. The third-order valence-electron chi connectivity index (χ3n) is 3.88. The molecule has 2 heteroatoms. The van der Waals surface area contributed by atoms with Gasteiger partial charge in [0.25, 0.3) is 0 Å². The second-order valence-electron chi connectivity index (χ2n) is 5.50. The van der Waals surface area contributed by atoms with Gasteiger partial charge in [0.15, 0.2) is 0 Å². The quantitative estimate of drug-likeness (QED) is 0.635. The Morgan fingerprint density at radius 1 is 1.00 bits per heavy atom. The smallest absolute Gasteiger partial charge is 0.0267 e. The van der Waals surface area contributed by atoms with Crippen molar-refractivity contribution in [2.45, 2.75) is 52.2 Å². The molecule has 0 radical (unpaired) electrons. The summed E-state index contributed by atoms with van der Waals surface area (Å²) in [5.74, 6) is 0.958. The summed E-state index contributed by atoms with van der Waals surface area (Å²) in [7, 11) is 0. The molecule has 2 fully saturated rings. The lowest BCUT2D eigenvalue weighted by atomic mass is 10.1. The van der Waals surface area contributed by atoms with E-state index in [0.717, 1.165) is 24.0 Å². The molecule has 0 amide bonds. The number of nitrogens with zero attached hydrogens (tertiary/aromatic N) is 2. The highest BCUT2D eigenvalue weighted by atomic mass is 15.3. The number of rotatable bonds is 3. The van der Waals surface area contributed by atoms with Gasteiger partial charge >= 0.3 is 0 Å². The Morgan fingerprint density at radius 2 is 1.71 bits per heavy atom. The maximum absolute atomic E-state index is 2.63. The summed E-state index contributed by atoms with van der Waals surface area (Å²) in [5, 5.41) is 0. The van der Waals surface area contributed by atoms with Crippen molar-refractivity contribution >= 4 is 0 Å². The molecule has 0 aromatic heterocycles. The lowest BCUT2D eigenvalue weighted by Gasteiger charge is -2.20. The molecule has 3 atom stereocenters. The van der Waals surface area contributed by atoms with E-state index in [2.05, 4.69) is 37.5 Å². The van der Waals surface area contributed by atoms with E-state index in [1.807, 2.05) is 0 Å². The first-order valence-electron chi connectivity index (χ1n) is 6.09. The minimum absolute atomic E-state index is 0.742. The largest absolute Gasteiger partial charge is 0.301 e. The predicted molar refractivity (Wildman–Crippen MR) is 60.4 cm³/mol. The molecule has 2 rings (SSSR count). The van der Waals surface area contributed by atoms with Crippen LogP contribution in [-0.4, -0.2) is 47.6 Å². The minimum Gasteiger partial charge on any atom is -0.301 e. The molecule has 82 valence electrons. The van der Waals surface area contributed by atoms with E-state index >= 15 is 0 Å². The molecule has 0 aromatic rings. The van der Waals surface area contributed by atoms with Gasteiger partial charge in [0, 0.05) is 31.2 Å². The summed E-state index contributed by atoms with van der Waals surface area (Å²) in [6.45, 7) is 13.3. The molecule has 0 aromatic carbocycles. The van der Waals surface area contributed by atoms with E-state index in [0.29, 0.717) is 0 Å². The molecule has 2 heterocycles. The highest BCUT2D eigenvalue weighted by Crippen LogP contribution is 2.34. The second-order valence-corrected chi connectivity index (χ2v) is 5.50. The van der Waals surface area contributed by atoms with Crippen LogP contribution in [-0.2, 0) is 0 Å². The summed E-state index contributed by atoms with van der Waals surface area (Å²) in [5.41, 5.74) is 0. The molecule has 2 nitrogen and oxygen atoms in total. The minimum atomic E-state index is 0.742. The van der Waals surface area contributed by atoms with Crippen molar-refractivity contribution in [3.63, 3.8) is 0 Å². The molecule has 2 saturated heterocycles. The summed E-state index contributed by atoms with van der Waals surface area (Å²) in [6.07, 6.45) is 1.42. The molecule has 3 unspecified atom stereocenters. The zero-order valence-corrected chi connectivity index (χ0v) is 10.0. The molecule has 0 spiro atoms. The van der Waals surface area contributed by atoms with E-state index in [1.165, 1.54) is 26.1 Å². The van der Waals surface area contributed by atoms with Crippen LogP contribution in [0.2, 0.25) is 0 Å². The van der Waals surface area contributed by atoms with E-state index in [9.17, 15) is 0 Å². The molecule has 0 saturated carbocycles. The number of hydrogen-bond donors (Lipinski definition) is 0. The van der Waals surface area contributed by atoms with Crippen LogP contribution >= 0.6 is 0 Å². The van der Waals surface area contributed by atoms with Gasteiger partial charge in [-0.3, -0.25) is 4.90 Å². The van der Waals surface area contributed by atoms with E-state index < -0.39 is 0 Å². The van der Waals surface area contributed by atoms with Crippen LogP contribution in [0.25, 0.3) is 0 Å². The van der Waals surface area contributed by atoms with Crippen molar-refractivity contribution in [3.8, 4) is 0 Å². The summed E-state index contributed by atoms with van der Waals surface area (Å²) >= 11 is 0. The molecule has 2 aliphatic heterocycles. The van der Waals surface area contributed by atoms with Gasteiger partial charge in [-0.1, -0.05) is 0 Å². The Hall–Kier alpha value is -0.0800. The molecular weight excluding hydrogens is 172 g/mol. The fraction of sp³-hybridized carbons (Fsp3) is 1.00. The molecule has 0 aliphatic carbocycles. The SMILES string of the molecule is CC(C)N1CCC(C2CN2C(C)C)C1. The van der Waals surface area contributed by atoms with Gasteiger partial charge < -0.3 is 4.90 Å². The average Bonchev–Trinajstić information content (AvgIpc) is 2.76. The van der Waals surface area contributed by atoms with Crippen molar-refractivity contribution in [1.82, 2.24) is 9.80 Å². The van der Waals surface area contributed by atoms with Crippen LogP contribution in [0.15, 0.2) is 0 Å². The predicted octanol–water partition coefficient (Wildman–Crippen LogP) is 1.81. The van der Waals surface area contributed by atoms with Crippen LogP contribution in [0, 0.1) is 5.92 Å². The molecule has 14 heavy (non-hydrogen) atoms. The van der Waals surface area contributed by atoms with Gasteiger partial charge in [-0.15, -0.1) is 0 Å². The van der Waals surface area contributed by atoms with Crippen molar-refractivity contribution in [2.24, 2.45) is 5.92 Å². The van der Waals surface area contributed by atoms with Gasteiger partial charge in [-0.05, 0) is 46.6 Å². The van der Waals surface area contributed by atoms with Crippen LogP contribution in [0.5, 0.6) is 0 Å². The number of hydrogen-bond acceptors (Lipinski definition) is 2. The van der Waals surface area contributed by atoms with Gasteiger partial charge in [-0.2, -0.15) is 0 Å². The van der Waals surface area contributed by atoms with E-state index in [-0.39, 0.29) is 0 Å². The van der Waals surface area contributed by atoms with E-state index in [1.54, 1.807) is 0 Å². The first kappa shape index (κ1) is 10.4. The lowest BCUT2D eigenvalue weighted by Crippen LogP contribution is -2.29. The van der Waals surface area contributed by atoms with Gasteiger partial charge in [0.1, 0.15) is 0 Å². The summed E-state index contributed by atoms with van der Waals surface area (Å²) in [4.78, 5) is 5.26. The van der Waals surface area contributed by atoms with Crippen LogP contribution < -0.4 is 0 Å². The molecule has 2 aliphatic rings. The zero-order chi connectivity index (χ0) is 10.3.